The van der Waals surface area contributed by atoms with Crippen LogP contribution in [0.15, 0.2) is 4.40 Å². The maximum Gasteiger partial charge on any atom is 0.293 e. The molecule has 0 saturated carbocycles. The molecule has 5 heteroatoms. The maximum atomic E-state index is 9.28. The highest BCUT2D eigenvalue weighted by molar-refractivity contribution is 7.77. The van der Waals surface area contributed by atoms with Crippen molar-refractivity contribution in [3.05, 3.63) is 0 Å². The standard InChI is InChI=1S/CHNO3S/c3-1-2-6(4)5/h(H,4,5). The molecule has 0 fully saturated rings. The van der Waals surface area contributed by atoms with Crippen LogP contribution in [-0.4, -0.2) is 14.8 Å². The van der Waals surface area contributed by atoms with Crippen LogP contribution in [0.1, 0.15) is 0 Å². The van der Waals surface area contributed by atoms with Crippen LogP contribution in [0.3, 0.4) is 0 Å². The van der Waals surface area contributed by atoms with E-state index in [1.807, 2.05) is 0 Å². The van der Waals surface area contributed by atoms with Crippen LogP contribution in [-0.2, 0) is 16.1 Å². The lowest BCUT2D eigenvalue weighted by Crippen LogP contribution is -1.73. The smallest absolute Gasteiger partial charge is 0.287 e. The van der Waals surface area contributed by atoms with E-state index in [-0.39, 0.29) is 0 Å². The van der Waals surface area contributed by atoms with E-state index < -0.39 is 11.3 Å². The molecule has 0 aromatic carbocycles. The van der Waals surface area contributed by atoms with Crippen molar-refractivity contribution in [3.8, 4) is 0 Å². The van der Waals surface area contributed by atoms with Crippen LogP contribution < -0.4 is 0 Å². The van der Waals surface area contributed by atoms with E-state index in [1.54, 1.807) is 0 Å². The Labute approximate surface area is 36.3 Å². The fourth-order valence-electron chi connectivity index (χ4n) is 0.0319. The van der Waals surface area contributed by atoms with Gasteiger partial charge in [0.05, 0.1) is 0 Å². The minimum atomic E-state index is -2.36. The van der Waals surface area contributed by atoms with Crippen molar-refractivity contribution in [2.75, 3.05) is 0 Å². The summed E-state index contributed by atoms with van der Waals surface area (Å²) in [6.07, 6.45) is 0.892. The van der Waals surface area contributed by atoms with Crippen LogP contribution in [0.5, 0.6) is 0 Å². The summed E-state index contributed by atoms with van der Waals surface area (Å²) in [7, 11) is 0. The number of hydrogen-bond acceptors (Lipinski definition) is 2. The van der Waals surface area contributed by atoms with Gasteiger partial charge in [-0.3, -0.25) is 4.55 Å². The van der Waals surface area contributed by atoms with Gasteiger partial charge < -0.3 is 0 Å². The average molecular weight is 107 g/mol. The third kappa shape index (κ3) is 3.49. The van der Waals surface area contributed by atoms with Crippen LogP contribution in [0.2, 0.25) is 0 Å². The van der Waals surface area contributed by atoms with Crippen molar-refractivity contribution in [1.29, 1.82) is 0 Å². The predicted molar refractivity (Wildman–Crippen MR) is 18.9 cm³/mol. The molecule has 0 radical (unpaired) electrons. The SMILES string of the molecule is O=C=NS(=O)O. The van der Waals surface area contributed by atoms with E-state index >= 15 is 0 Å². The first-order valence-electron chi connectivity index (χ1n) is 0.960. The molecular weight excluding hydrogens is 106 g/mol. The topological polar surface area (TPSA) is 66.7 Å². The minimum absolute atomic E-state index is 0.892. The number of carbonyl (C=O) groups excluding carboxylic acids is 1. The number of hydrogen-bond donors (Lipinski definition) is 1. The summed E-state index contributed by atoms with van der Waals surface area (Å²) in [5.41, 5.74) is 0. The molecule has 4 nitrogen and oxygen atoms in total. The molecule has 0 aromatic rings. The third-order valence-corrected chi connectivity index (χ3v) is 0.346. The summed E-state index contributed by atoms with van der Waals surface area (Å²) in [6, 6.07) is 0. The molecule has 0 saturated heterocycles. The molecule has 34 valence electrons. The number of isocyanates is 1. The van der Waals surface area contributed by atoms with Crippen molar-refractivity contribution in [3.63, 3.8) is 0 Å². The summed E-state index contributed by atoms with van der Waals surface area (Å²) in [5, 5.41) is 0. The van der Waals surface area contributed by atoms with Gasteiger partial charge in [-0.2, -0.15) is 0 Å². The second kappa shape index (κ2) is 2.71. The van der Waals surface area contributed by atoms with E-state index in [2.05, 4.69) is 4.40 Å². The fraction of sp³-hybridized carbons (Fsp3) is 0. The van der Waals surface area contributed by atoms with Crippen molar-refractivity contribution in [2.45, 2.75) is 0 Å². The lowest BCUT2D eigenvalue weighted by molar-refractivity contribution is 0.556. The molecule has 0 amide bonds. The average Bonchev–Trinajstić information content (AvgIpc) is 1.35. The van der Waals surface area contributed by atoms with Gasteiger partial charge in [0.15, 0.2) is 0 Å². The first-order valence-corrected chi connectivity index (χ1v) is 2.02. The molecule has 0 bridgehead atoms. The monoisotopic (exact) mass is 107 g/mol. The molecule has 0 aliphatic heterocycles. The molecule has 6 heavy (non-hydrogen) atoms. The Hall–Kier alpha value is -0.510. The Morgan fingerprint density at radius 3 is 2.33 bits per heavy atom. The Bertz CT molecular complexity index is 103. The highest BCUT2D eigenvalue weighted by atomic mass is 32.2. The van der Waals surface area contributed by atoms with Crippen LogP contribution in [0, 0.1) is 0 Å². The summed E-state index contributed by atoms with van der Waals surface area (Å²) in [6.45, 7) is 0. The lowest BCUT2D eigenvalue weighted by Gasteiger charge is -1.62. The van der Waals surface area contributed by atoms with Crippen LogP contribution in [0.25, 0.3) is 0 Å². The van der Waals surface area contributed by atoms with E-state index in [1.165, 1.54) is 0 Å². The van der Waals surface area contributed by atoms with E-state index in [9.17, 15) is 4.21 Å². The molecule has 0 aliphatic carbocycles. The first-order chi connectivity index (χ1) is 2.77. The molecule has 0 rings (SSSR count). The van der Waals surface area contributed by atoms with Gasteiger partial charge in [-0.25, -0.2) is 9.00 Å². The minimum Gasteiger partial charge on any atom is -0.287 e. The van der Waals surface area contributed by atoms with Crippen molar-refractivity contribution < 1.29 is 13.6 Å². The molecule has 0 aliphatic rings. The summed E-state index contributed by atoms with van der Waals surface area (Å²) >= 11 is -2.36. The Balaban J connectivity index is 3.60. The largest absolute Gasteiger partial charge is 0.293 e. The number of rotatable bonds is 1. The summed E-state index contributed by atoms with van der Waals surface area (Å²) < 4.78 is 19.2. The highest BCUT2D eigenvalue weighted by Crippen LogP contribution is 1.64. The van der Waals surface area contributed by atoms with Gasteiger partial charge in [0.2, 0.25) is 0 Å². The van der Waals surface area contributed by atoms with Gasteiger partial charge >= 0.3 is 0 Å². The van der Waals surface area contributed by atoms with E-state index in [4.69, 9.17) is 9.35 Å². The predicted octanol–water partition coefficient (Wildman–Crippen LogP) is -0.541. The Morgan fingerprint density at radius 1 is 1.83 bits per heavy atom. The van der Waals surface area contributed by atoms with Gasteiger partial charge in [0, 0.05) is 0 Å². The van der Waals surface area contributed by atoms with Gasteiger partial charge in [-0.1, -0.05) is 4.40 Å². The van der Waals surface area contributed by atoms with E-state index in [0.717, 1.165) is 6.08 Å². The van der Waals surface area contributed by atoms with Gasteiger partial charge in [-0.15, -0.1) is 0 Å². The first kappa shape index (κ1) is 5.49. The Kier molecular flexibility index (Phi) is 2.48. The lowest BCUT2D eigenvalue weighted by atomic mass is 11.7. The fourth-order valence-corrected chi connectivity index (χ4v) is 0.0956. The molecule has 1 unspecified atom stereocenters. The van der Waals surface area contributed by atoms with Crippen molar-refractivity contribution >= 4 is 17.3 Å². The second-order valence-electron chi connectivity index (χ2n) is 0.413. The van der Waals surface area contributed by atoms with Gasteiger partial charge in [0.25, 0.3) is 17.3 Å². The zero-order valence-electron chi connectivity index (χ0n) is 2.62. The second-order valence-corrected chi connectivity index (χ2v) is 1.06. The maximum absolute atomic E-state index is 9.28. The molecule has 1 N–H and O–H groups in total. The van der Waals surface area contributed by atoms with E-state index in [0.29, 0.717) is 0 Å². The summed E-state index contributed by atoms with van der Waals surface area (Å²) in [4.78, 5) is 8.97. The van der Waals surface area contributed by atoms with Crippen LogP contribution >= 0.6 is 0 Å². The molecule has 1 atom stereocenters. The quantitative estimate of drug-likeness (QED) is 0.278. The molecular formula is CHNO3S. The highest BCUT2D eigenvalue weighted by Gasteiger charge is 1.75. The third-order valence-electron chi connectivity index (χ3n) is 0.115. The Morgan fingerprint density at radius 2 is 2.33 bits per heavy atom. The molecule has 0 spiro atoms. The van der Waals surface area contributed by atoms with Crippen LogP contribution in [0.4, 0.5) is 0 Å². The van der Waals surface area contributed by atoms with Crippen molar-refractivity contribution in [2.24, 2.45) is 4.40 Å². The normalized spacial score (nSPS) is 12.2. The summed E-state index contributed by atoms with van der Waals surface area (Å²) in [5.74, 6) is 0. The zero-order valence-corrected chi connectivity index (χ0v) is 3.44. The molecule has 0 aromatic heterocycles. The number of nitrogens with zero attached hydrogens (tertiary/aromatic N) is 1. The van der Waals surface area contributed by atoms with Crippen molar-refractivity contribution in [1.82, 2.24) is 0 Å². The van der Waals surface area contributed by atoms with Gasteiger partial charge in [0.1, 0.15) is 0 Å². The molecule has 0 heterocycles. The zero-order chi connectivity index (χ0) is 4.99. The van der Waals surface area contributed by atoms with Gasteiger partial charge in [-0.05, 0) is 0 Å².